The monoisotopic (exact) mass is 425 g/mol. The molecule has 2 aromatic carbocycles. The van der Waals surface area contributed by atoms with Crippen molar-refractivity contribution in [1.29, 1.82) is 0 Å². The first kappa shape index (κ1) is 21.9. The number of sulfonamides is 1. The molecule has 0 saturated carbocycles. The molecule has 0 spiro atoms. The number of carbonyl (C=O) groups excluding carboxylic acids is 1. The van der Waals surface area contributed by atoms with Gasteiger partial charge in [-0.15, -0.1) is 0 Å². The lowest BCUT2D eigenvalue weighted by Crippen LogP contribution is -2.30. The lowest BCUT2D eigenvalue weighted by Gasteiger charge is -2.18. The number of pyridine rings is 1. The maximum Gasteiger partial charge on any atom is 0.256 e. The summed E-state index contributed by atoms with van der Waals surface area (Å²) in [5, 5.41) is 3.70. The van der Waals surface area contributed by atoms with Crippen LogP contribution < -0.4 is 5.32 Å². The van der Waals surface area contributed by atoms with Gasteiger partial charge < -0.3 is 5.32 Å². The summed E-state index contributed by atoms with van der Waals surface area (Å²) >= 11 is 0. The van der Waals surface area contributed by atoms with Gasteiger partial charge in [0.05, 0.1) is 16.0 Å². The molecule has 30 heavy (non-hydrogen) atoms. The highest BCUT2D eigenvalue weighted by molar-refractivity contribution is 7.89. The summed E-state index contributed by atoms with van der Waals surface area (Å²) in [5.74, 6) is -0.236. The van der Waals surface area contributed by atoms with E-state index >= 15 is 0 Å². The van der Waals surface area contributed by atoms with Gasteiger partial charge in [-0.1, -0.05) is 39.0 Å². The molecule has 0 atom stereocenters. The van der Waals surface area contributed by atoms with Crippen LogP contribution in [0.1, 0.15) is 42.4 Å². The van der Waals surface area contributed by atoms with Crippen molar-refractivity contribution in [2.75, 3.05) is 18.4 Å². The molecule has 3 aromatic rings. The third-order valence-corrected chi connectivity index (χ3v) is 7.32. The highest BCUT2D eigenvalue weighted by Crippen LogP contribution is 2.25. The van der Waals surface area contributed by atoms with E-state index in [1.807, 2.05) is 52.0 Å². The summed E-state index contributed by atoms with van der Waals surface area (Å²) in [4.78, 5) is 18.0. The van der Waals surface area contributed by atoms with E-state index in [0.29, 0.717) is 24.3 Å². The average molecular weight is 426 g/mol. The summed E-state index contributed by atoms with van der Waals surface area (Å²) in [5.41, 5.74) is 3.66. The zero-order chi connectivity index (χ0) is 21.9. The summed E-state index contributed by atoms with van der Waals surface area (Å²) < 4.78 is 26.7. The van der Waals surface area contributed by atoms with Crippen molar-refractivity contribution < 1.29 is 13.2 Å². The molecule has 0 radical (unpaired) electrons. The number of para-hydroxylation sites is 1. The minimum Gasteiger partial charge on any atom is -0.322 e. The number of carbonyl (C=O) groups is 1. The van der Waals surface area contributed by atoms with Crippen molar-refractivity contribution >= 4 is 32.5 Å². The molecule has 1 amide bonds. The van der Waals surface area contributed by atoms with Gasteiger partial charge in [0.1, 0.15) is 0 Å². The first-order valence-corrected chi connectivity index (χ1v) is 11.6. The van der Waals surface area contributed by atoms with Gasteiger partial charge in [-0.05, 0) is 49.2 Å². The number of nitrogens with one attached hydrogen (secondary N) is 1. The van der Waals surface area contributed by atoms with E-state index in [0.717, 1.165) is 28.6 Å². The molecule has 1 aromatic heterocycles. The van der Waals surface area contributed by atoms with Gasteiger partial charge in [0.15, 0.2) is 0 Å². The predicted molar refractivity (Wildman–Crippen MR) is 120 cm³/mol. The number of anilines is 1. The standard InChI is InChI=1S/C23H27N3O3S/c1-5-20-16(4)22(19-10-8-9-11-21(19)25-20)23(27)24-17-12-14-18(15-13-17)30(28,29)26(6-2)7-3/h8-15H,5-7H2,1-4H3,(H,24,27). The van der Waals surface area contributed by atoms with Crippen molar-refractivity contribution in [2.45, 2.75) is 39.0 Å². The van der Waals surface area contributed by atoms with Crippen LogP contribution in [-0.4, -0.2) is 36.7 Å². The molecular formula is C23H27N3O3S. The van der Waals surface area contributed by atoms with Crippen molar-refractivity contribution in [2.24, 2.45) is 0 Å². The van der Waals surface area contributed by atoms with Crippen LogP contribution in [0.4, 0.5) is 5.69 Å². The molecule has 0 aliphatic heterocycles. The molecule has 1 N–H and O–H groups in total. The van der Waals surface area contributed by atoms with Crippen LogP contribution >= 0.6 is 0 Å². The Balaban J connectivity index is 1.93. The van der Waals surface area contributed by atoms with Crippen LogP contribution in [0.3, 0.4) is 0 Å². The van der Waals surface area contributed by atoms with Crippen LogP contribution in [0.5, 0.6) is 0 Å². The zero-order valence-electron chi connectivity index (χ0n) is 17.8. The molecule has 1 heterocycles. The van der Waals surface area contributed by atoms with Gasteiger partial charge in [-0.25, -0.2) is 8.42 Å². The number of hydrogen-bond donors (Lipinski definition) is 1. The van der Waals surface area contributed by atoms with E-state index < -0.39 is 10.0 Å². The minimum absolute atomic E-state index is 0.211. The summed E-state index contributed by atoms with van der Waals surface area (Å²) in [6.07, 6.45) is 0.731. The predicted octanol–water partition coefficient (Wildman–Crippen LogP) is 4.39. The Kier molecular flexibility index (Phi) is 6.53. The van der Waals surface area contributed by atoms with Crippen molar-refractivity contribution in [3.63, 3.8) is 0 Å². The van der Waals surface area contributed by atoms with Crippen molar-refractivity contribution in [3.8, 4) is 0 Å². The van der Waals surface area contributed by atoms with Gasteiger partial charge in [0.2, 0.25) is 10.0 Å². The van der Waals surface area contributed by atoms with Gasteiger partial charge in [-0.2, -0.15) is 4.31 Å². The smallest absolute Gasteiger partial charge is 0.256 e. The molecule has 3 rings (SSSR count). The molecule has 6 nitrogen and oxygen atoms in total. The Morgan fingerprint density at radius 2 is 1.63 bits per heavy atom. The van der Waals surface area contributed by atoms with Crippen LogP contribution in [0.15, 0.2) is 53.4 Å². The molecular weight excluding hydrogens is 398 g/mol. The van der Waals surface area contributed by atoms with Crippen LogP contribution in [0.2, 0.25) is 0 Å². The lowest BCUT2D eigenvalue weighted by molar-refractivity contribution is 0.102. The van der Waals surface area contributed by atoms with E-state index in [2.05, 4.69) is 10.3 Å². The number of hydrogen-bond acceptors (Lipinski definition) is 4. The minimum atomic E-state index is -3.53. The number of fused-ring (bicyclic) bond motifs is 1. The van der Waals surface area contributed by atoms with Gasteiger partial charge >= 0.3 is 0 Å². The molecule has 0 unspecified atom stereocenters. The highest BCUT2D eigenvalue weighted by atomic mass is 32.2. The second-order valence-corrected chi connectivity index (χ2v) is 8.93. The molecule has 0 aliphatic carbocycles. The first-order chi connectivity index (χ1) is 14.3. The third kappa shape index (κ3) is 4.08. The Morgan fingerprint density at radius 3 is 2.23 bits per heavy atom. The van der Waals surface area contributed by atoms with Gasteiger partial charge in [0, 0.05) is 29.9 Å². The van der Waals surface area contributed by atoms with Crippen LogP contribution in [0.25, 0.3) is 10.9 Å². The van der Waals surface area contributed by atoms with Crippen LogP contribution in [0, 0.1) is 6.92 Å². The topological polar surface area (TPSA) is 79.4 Å². The first-order valence-electron chi connectivity index (χ1n) is 10.1. The molecule has 0 saturated heterocycles. The Bertz CT molecular complexity index is 1170. The van der Waals surface area contributed by atoms with E-state index in [1.54, 1.807) is 12.1 Å². The number of rotatable bonds is 7. The number of aryl methyl sites for hydroxylation is 1. The fraction of sp³-hybridized carbons (Fsp3) is 0.304. The number of amides is 1. The van der Waals surface area contributed by atoms with Crippen molar-refractivity contribution in [1.82, 2.24) is 9.29 Å². The van der Waals surface area contributed by atoms with Crippen molar-refractivity contribution in [3.05, 3.63) is 65.4 Å². The van der Waals surface area contributed by atoms with E-state index in [4.69, 9.17) is 0 Å². The third-order valence-electron chi connectivity index (χ3n) is 5.25. The second kappa shape index (κ2) is 8.93. The maximum atomic E-state index is 13.1. The summed E-state index contributed by atoms with van der Waals surface area (Å²) in [6.45, 7) is 8.36. The number of aromatic nitrogens is 1. The molecule has 0 bridgehead atoms. The fourth-order valence-electron chi connectivity index (χ4n) is 3.61. The average Bonchev–Trinajstić information content (AvgIpc) is 2.74. The summed E-state index contributed by atoms with van der Waals surface area (Å²) in [7, 11) is -3.53. The largest absolute Gasteiger partial charge is 0.322 e. The van der Waals surface area contributed by atoms with Gasteiger partial charge in [0.25, 0.3) is 5.91 Å². The SMILES string of the molecule is CCc1nc2ccccc2c(C(=O)Nc2ccc(S(=O)(=O)N(CC)CC)cc2)c1C. The van der Waals surface area contributed by atoms with Crippen LogP contribution in [-0.2, 0) is 16.4 Å². The molecule has 158 valence electrons. The fourth-order valence-corrected chi connectivity index (χ4v) is 5.07. The lowest BCUT2D eigenvalue weighted by atomic mass is 9.99. The molecule has 0 aliphatic rings. The van der Waals surface area contributed by atoms with E-state index in [9.17, 15) is 13.2 Å². The second-order valence-electron chi connectivity index (χ2n) is 7.00. The summed E-state index contributed by atoms with van der Waals surface area (Å²) in [6, 6.07) is 13.9. The van der Waals surface area contributed by atoms with E-state index in [1.165, 1.54) is 16.4 Å². The molecule has 7 heteroatoms. The Morgan fingerprint density at radius 1 is 1.00 bits per heavy atom. The Labute approximate surface area is 178 Å². The van der Waals surface area contributed by atoms with Gasteiger partial charge in [-0.3, -0.25) is 9.78 Å². The zero-order valence-corrected chi connectivity index (χ0v) is 18.6. The highest BCUT2D eigenvalue weighted by Gasteiger charge is 2.22. The maximum absolute atomic E-state index is 13.1. The number of benzene rings is 2. The number of nitrogens with zero attached hydrogens (tertiary/aromatic N) is 2. The van der Waals surface area contributed by atoms with E-state index in [-0.39, 0.29) is 10.8 Å². The Hall–Kier alpha value is -2.77. The molecule has 0 fully saturated rings. The quantitative estimate of drug-likeness (QED) is 0.609. The normalized spacial score (nSPS) is 11.8.